The van der Waals surface area contributed by atoms with E-state index in [4.69, 9.17) is 0 Å². The van der Waals surface area contributed by atoms with Crippen molar-refractivity contribution in [1.29, 1.82) is 0 Å². The molecule has 0 N–H and O–H groups in total. The molecule has 2 heterocycles. The summed E-state index contributed by atoms with van der Waals surface area (Å²) in [5, 5.41) is 0. The number of alkyl halides is 1. The van der Waals surface area contributed by atoms with E-state index < -0.39 is 6.17 Å². The Morgan fingerprint density at radius 1 is 0.842 bits per heavy atom. The Balaban J connectivity index is 1.84. The van der Waals surface area contributed by atoms with E-state index in [1.54, 1.807) is 0 Å². The quantitative estimate of drug-likeness (QED) is 0.775. The van der Waals surface area contributed by atoms with Crippen molar-refractivity contribution in [3.05, 3.63) is 0 Å². The lowest BCUT2D eigenvalue weighted by Crippen LogP contribution is -2.59. The van der Waals surface area contributed by atoms with Crippen LogP contribution < -0.4 is 0 Å². The molecule has 3 nitrogen and oxygen atoms in total. The van der Waals surface area contributed by atoms with Crippen LogP contribution in [0.4, 0.5) is 4.39 Å². The molecule has 4 heteroatoms. The molecule has 2 aliphatic heterocycles. The first-order chi connectivity index (χ1) is 8.99. The molecule has 0 aliphatic carbocycles. The zero-order valence-electron chi connectivity index (χ0n) is 13.0. The number of rotatable bonds is 3. The van der Waals surface area contributed by atoms with Crippen LogP contribution in [0.5, 0.6) is 0 Å². The van der Waals surface area contributed by atoms with Gasteiger partial charge in [0.1, 0.15) is 6.17 Å². The van der Waals surface area contributed by atoms with Gasteiger partial charge in [-0.05, 0) is 34.1 Å². The van der Waals surface area contributed by atoms with Crippen LogP contribution >= 0.6 is 0 Å². The Bertz CT molecular complexity index is 275. The van der Waals surface area contributed by atoms with E-state index in [0.717, 1.165) is 39.1 Å². The van der Waals surface area contributed by atoms with Gasteiger partial charge in [-0.25, -0.2) is 4.39 Å². The Morgan fingerprint density at radius 2 is 1.42 bits per heavy atom. The molecule has 0 aromatic heterocycles. The van der Waals surface area contributed by atoms with Gasteiger partial charge in [-0.2, -0.15) is 0 Å². The summed E-state index contributed by atoms with van der Waals surface area (Å²) in [5.41, 5.74) is 0. The lowest BCUT2D eigenvalue weighted by atomic mass is 9.99. The molecule has 112 valence electrons. The predicted molar refractivity (Wildman–Crippen MR) is 78.3 cm³/mol. The molecule has 2 saturated heterocycles. The van der Waals surface area contributed by atoms with Crippen LogP contribution in [0.25, 0.3) is 0 Å². The first-order valence-corrected chi connectivity index (χ1v) is 7.85. The van der Waals surface area contributed by atoms with Crippen molar-refractivity contribution in [2.24, 2.45) is 0 Å². The van der Waals surface area contributed by atoms with Gasteiger partial charge in [0.2, 0.25) is 0 Å². The van der Waals surface area contributed by atoms with E-state index in [-0.39, 0.29) is 6.04 Å². The maximum absolute atomic E-state index is 14.4. The van der Waals surface area contributed by atoms with E-state index in [2.05, 4.69) is 42.4 Å². The molecule has 0 aromatic rings. The SMILES string of the molecule is CC(C)N1CCN([C@H]2CCN(C(C)C)C[C@H]2F)CC1. The normalized spacial score (nSPS) is 32.4. The average Bonchev–Trinajstić information content (AvgIpc) is 2.38. The third-order valence-corrected chi connectivity index (χ3v) is 4.82. The smallest absolute Gasteiger partial charge is 0.128 e. The van der Waals surface area contributed by atoms with Crippen molar-refractivity contribution in [2.75, 3.05) is 39.3 Å². The highest BCUT2D eigenvalue weighted by Gasteiger charge is 2.35. The Hall–Kier alpha value is -0.190. The molecule has 2 aliphatic rings. The fourth-order valence-electron chi connectivity index (χ4n) is 3.38. The second kappa shape index (κ2) is 6.51. The van der Waals surface area contributed by atoms with Crippen LogP contribution in [0.15, 0.2) is 0 Å². The van der Waals surface area contributed by atoms with Gasteiger partial charge in [-0.1, -0.05) is 0 Å². The molecule has 0 radical (unpaired) electrons. The minimum atomic E-state index is -0.679. The number of likely N-dealkylation sites (tertiary alicyclic amines) is 1. The van der Waals surface area contributed by atoms with Crippen LogP contribution in [-0.4, -0.2) is 78.3 Å². The highest BCUT2D eigenvalue weighted by atomic mass is 19.1. The van der Waals surface area contributed by atoms with Gasteiger partial charge in [-0.3, -0.25) is 14.7 Å². The molecule has 2 atom stereocenters. The van der Waals surface area contributed by atoms with E-state index >= 15 is 0 Å². The number of piperidine rings is 1. The van der Waals surface area contributed by atoms with Crippen LogP contribution in [0.2, 0.25) is 0 Å². The van der Waals surface area contributed by atoms with Gasteiger partial charge in [0, 0.05) is 57.4 Å². The first kappa shape index (κ1) is 15.2. The fourth-order valence-corrected chi connectivity index (χ4v) is 3.38. The average molecular weight is 271 g/mol. The topological polar surface area (TPSA) is 9.72 Å². The van der Waals surface area contributed by atoms with Crippen molar-refractivity contribution in [3.8, 4) is 0 Å². The lowest BCUT2D eigenvalue weighted by Gasteiger charge is -2.45. The fraction of sp³-hybridized carbons (Fsp3) is 1.00. The van der Waals surface area contributed by atoms with Crippen molar-refractivity contribution in [3.63, 3.8) is 0 Å². The standard InChI is InChI=1S/C15H30FN3/c1-12(2)17-7-9-18(10-8-17)15-5-6-19(13(3)4)11-14(15)16/h12-15H,5-11H2,1-4H3/t14-,15+/m1/s1. The van der Waals surface area contributed by atoms with Crippen LogP contribution in [0.3, 0.4) is 0 Å². The van der Waals surface area contributed by atoms with Crippen molar-refractivity contribution < 1.29 is 4.39 Å². The highest BCUT2D eigenvalue weighted by molar-refractivity contribution is 4.90. The van der Waals surface area contributed by atoms with E-state index in [1.807, 2.05) is 0 Å². The van der Waals surface area contributed by atoms with E-state index in [0.29, 0.717) is 18.6 Å². The van der Waals surface area contributed by atoms with Gasteiger partial charge in [0.05, 0.1) is 0 Å². The molecule has 2 rings (SSSR count). The van der Waals surface area contributed by atoms with E-state index in [9.17, 15) is 4.39 Å². The summed E-state index contributed by atoms with van der Waals surface area (Å²) < 4.78 is 14.4. The Labute approximate surface area is 117 Å². The monoisotopic (exact) mass is 271 g/mol. The summed E-state index contributed by atoms with van der Waals surface area (Å²) in [7, 11) is 0. The zero-order valence-corrected chi connectivity index (χ0v) is 13.0. The summed E-state index contributed by atoms with van der Waals surface area (Å²) in [6.45, 7) is 14.7. The van der Waals surface area contributed by atoms with Crippen LogP contribution in [0, 0.1) is 0 Å². The van der Waals surface area contributed by atoms with Gasteiger partial charge < -0.3 is 0 Å². The molecule has 19 heavy (non-hydrogen) atoms. The number of hydrogen-bond donors (Lipinski definition) is 0. The summed E-state index contributed by atoms with van der Waals surface area (Å²) in [4.78, 5) is 7.15. The number of halogens is 1. The molecule has 0 saturated carbocycles. The van der Waals surface area contributed by atoms with Crippen molar-refractivity contribution in [2.45, 2.75) is 58.4 Å². The zero-order chi connectivity index (χ0) is 14.0. The van der Waals surface area contributed by atoms with Gasteiger partial charge in [-0.15, -0.1) is 0 Å². The molecular formula is C15H30FN3. The molecule has 0 spiro atoms. The van der Waals surface area contributed by atoms with Gasteiger partial charge in [0.15, 0.2) is 0 Å². The molecule has 0 unspecified atom stereocenters. The maximum Gasteiger partial charge on any atom is 0.128 e. The van der Waals surface area contributed by atoms with Crippen molar-refractivity contribution >= 4 is 0 Å². The largest absolute Gasteiger partial charge is 0.298 e. The number of piperazine rings is 1. The lowest BCUT2D eigenvalue weighted by molar-refractivity contribution is -0.00406. The predicted octanol–water partition coefficient (Wildman–Crippen LogP) is 1.83. The Morgan fingerprint density at radius 3 is 1.89 bits per heavy atom. The second-order valence-corrected chi connectivity index (χ2v) is 6.63. The minimum absolute atomic E-state index is 0.157. The number of hydrogen-bond acceptors (Lipinski definition) is 3. The highest BCUT2D eigenvalue weighted by Crippen LogP contribution is 2.22. The molecular weight excluding hydrogens is 241 g/mol. The summed E-state index contributed by atoms with van der Waals surface area (Å²) >= 11 is 0. The summed E-state index contributed by atoms with van der Waals surface area (Å²) in [5.74, 6) is 0. The molecule has 0 amide bonds. The van der Waals surface area contributed by atoms with Crippen molar-refractivity contribution in [1.82, 2.24) is 14.7 Å². The minimum Gasteiger partial charge on any atom is -0.298 e. The summed E-state index contributed by atoms with van der Waals surface area (Å²) in [6, 6.07) is 1.24. The second-order valence-electron chi connectivity index (χ2n) is 6.63. The van der Waals surface area contributed by atoms with E-state index in [1.165, 1.54) is 0 Å². The van der Waals surface area contributed by atoms with Gasteiger partial charge >= 0.3 is 0 Å². The molecule has 2 fully saturated rings. The third-order valence-electron chi connectivity index (χ3n) is 4.82. The van der Waals surface area contributed by atoms with Crippen LogP contribution in [-0.2, 0) is 0 Å². The molecule has 0 bridgehead atoms. The third kappa shape index (κ3) is 3.67. The maximum atomic E-state index is 14.4. The summed E-state index contributed by atoms with van der Waals surface area (Å²) in [6.07, 6.45) is 0.308. The van der Waals surface area contributed by atoms with Gasteiger partial charge in [0.25, 0.3) is 0 Å². The molecule has 0 aromatic carbocycles. The number of nitrogens with zero attached hydrogens (tertiary/aromatic N) is 3. The van der Waals surface area contributed by atoms with Crippen LogP contribution in [0.1, 0.15) is 34.1 Å². The first-order valence-electron chi connectivity index (χ1n) is 7.85. The Kier molecular flexibility index (Phi) is 5.21.